The van der Waals surface area contributed by atoms with Gasteiger partial charge in [0.1, 0.15) is 5.70 Å². The Morgan fingerprint density at radius 1 is 1.00 bits per heavy atom. The summed E-state index contributed by atoms with van der Waals surface area (Å²) in [5.41, 5.74) is 1.76. The topological polar surface area (TPSA) is 32.3 Å². The van der Waals surface area contributed by atoms with Crippen LogP contribution in [0.1, 0.15) is 16.7 Å². The van der Waals surface area contributed by atoms with E-state index in [4.69, 9.17) is 0 Å². The average Bonchev–Trinajstić information content (AvgIpc) is 2.58. The van der Waals surface area contributed by atoms with Gasteiger partial charge in [-0.15, -0.1) is 0 Å². The minimum absolute atomic E-state index is 0.0160. The third-order valence-corrected chi connectivity index (χ3v) is 5.49. The third kappa shape index (κ3) is 2.86. The molecular formula is C19H17F3N2OS. The zero-order valence-corrected chi connectivity index (χ0v) is 15.0. The first-order valence-corrected chi connectivity index (χ1v) is 8.66. The van der Waals surface area contributed by atoms with Crippen LogP contribution >= 0.6 is 11.9 Å². The molecule has 1 unspecified atom stereocenters. The maximum atomic E-state index is 14.4. The normalized spacial score (nSPS) is 20.9. The number of nitrogens with zero attached hydrogens (tertiary/aromatic N) is 1. The molecule has 1 atom stereocenters. The number of carbonyl (C=O) groups is 1. The fourth-order valence-electron chi connectivity index (χ4n) is 2.86. The molecule has 3 nitrogen and oxygen atoms in total. The van der Waals surface area contributed by atoms with Gasteiger partial charge in [-0.1, -0.05) is 54.1 Å². The summed E-state index contributed by atoms with van der Waals surface area (Å²) in [4.78, 5) is 10.6. The Kier molecular flexibility index (Phi) is 4.52. The summed E-state index contributed by atoms with van der Waals surface area (Å²) in [5, 5.41) is 0. The number of hydrogen-bond donors (Lipinski definition) is 1. The summed E-state index contributed by atoms with van der Waals surface area (Å²) < 4.78 is 45.6. The maximum Gasteiger partial charge on any atom is 0.427 e. The number of carbonyl (C=O) groups excluding carboxylic acids is 1. The molecule has 7 heteroatoms. The molecule has 0 saturated carbocycles. The van der Waals surface area contributed by atoms with E-state index in [1.807, 2.05) is 6.92 Å². The number of anilines is 1. The predicted octanol–water partition coefficient (Wildman–Crippen LogP) is 4.82. The van der Waals surface area contributed by atoms with Crippen molar-refractivity contribution in [2.45, 2.75) is 24.9 Å². The lowest BCUT2D eigenvalue weighted by Gasteiger charge is -2.48. The molecule has 1 heterocycles. The van der Waals surface area contributed by atoms with Gasteiger partial charge in [-0.05, 0) is 43.5 Å². The van der Waals surface area contributed by atoms with Gasteiger partial charge in [-0.2, -0.15) is 13.2 Å². The average molecular weight is 378 g/mol. The van der Waals surface area contributed by atoms with Gasteiger partial charge in [-0.3, -0.25) is 9.52 Å². The fourth-order valence-corrected chi connectivity index (χ4v) is 3.90. The predicted molar refractivity (Wildman–Crippen MR) is 97.4 cm³/mol. The van der Waals surface area contributed by atoms with E-state index in [1.165, 1.54) is 12.1 Å². The molecule has 1 fully saturated rings. The van der Waals surface area contributed by atoms with Gasteiger partial charge in [0.25, 0.3) is 5.91 Å². The van der Waals surface area contributed by atoms with E-state index in [0.717, 1.165) is 16.0 Å². The van der Waals surface area contributed by atoms with E-state index in [0.29, 0.717) is 11.9 Å². The number of halogens is 3. The maximum absolute atomic E-state index is 14.4. The highest BCUT2D eigenvalue weighted by Gasteiger charge is 2.64. The molecule has 1 N–H and O–H groups in total. The van der Waals surface area contributed by atoms with Crippen LogP contribution < -0.4 is 9.62 Å². The Hall–Kier alpha value is -2.41. The van der Waals surface area contributed by atoms with E-state index in [1.54, 1.807) is 43.3 Å². The van der Waals surface area contributed by atoms with Gasteiger partial charge in [0.15, 0.2) is 0 Å². The second-order valence-electron chi connectivity index (χ2n) is 6.16. The lowest BCUT2D eigenvalue weighted by atomic mass is 10.00. The van der Waals surface area contributed by atoms with Crippen LogP contribution in [0.4, 0.5) is 18.9 Å². The Bertz CT molecular complexity index is 847. The van der Waals surface area contributed by atoms with E-state index in [9.17, 15) is 18.0 Å². The summed E-state index contributed by atoms with van der Waals surface area (Å²) in [6.07, 6.45) is -4.69. The van der Waals surface area contributed by atoms with Crippen LogP contribution in [0.2, 0.25) is 0 Å². The van der Waals surface area contributed by atoms with Crippen LogP contribution in [0.15, 0.2) is 60.8 Å². The van der Waals surface area contributed by atoms with Crippen LogP contribution in [0, 0.1) is 13.8 Å². The number of alkyl halides is 3. The Balaban J connectivity index is 2.28. The second-order valence-corrected chi connectivity index (χ2v) is 7.16. The van der Waals surface area contributed by atoms with Crippen LogP contribution in [0.3, 0.4) is 0 Å². The lowest BCUT2D eigenvalue weighted by Crippen LogP contribution is -2.60. The number of rotatable bonds is 2. The summed E-state index contributed by atoms with van der Waals surface area (Å²) in [5.74, 6) is -0.650. The lowest BCUT2D eigenvalue weighted by molar-refractivity contribution is -0.162. The van der Waals surface area contributed by atoms with E-state index in [-0.39, 0.29) is 16.9 Å². The van der Waals surface area contributed by atoms with E-state index >= 15 is 0 Å². The van der Waals surface area contributed by atoms with Crippen molar-refractivity contribution in [3.05, 3.63) is 77.5 Å². The SMILES string of the molecule is C=C1C(=O)NSC(c2ccc(C)cc2)(C(F)(F)F)N1c1ccc(C)cc1. The van der Waals surface area contributed by atoms with Gasteiger partial charge in [0, 0.05) is 5.69 Å². The van der Waals surface area contributed by atoms with Crippen molar-refractivity contribution in [3.63, 3.8) is 0 Å². The first kappa shape index (κ1) is 18.4. The second kappa shape index (κ2) is 6.39. The summed E-state index contributed by atoms with van der Waals surface area (Å²) in [6, 6.07) is 12.6. The number of benzene rings is 2. The van der Waals surface area contributed by atoms with E-state index < -0.39 is 17.0 Å². The van der Waals surface area contributed by atoms with Gasteiger partial charge < -0.3 is 4.90 Å². The van der Waals surface area contributed by atoms with Crippen LogP contribution in [0.5, 0.6) is 0 Å². The van der Waals surface area contributed by atoms with Gasteiger partial charge in [0.2, 0.25) is 4.87 Å². The Labute approximate surface area is 154 Å². The molecule has 0 aliphatic carbocycles. The van der Waals surface area contributed by atoms with Gasteiger partial charge >= 0.3 is 6.18 Å². The first-order valence-electron chi connectivity index (χ1n) is 7.85. The van der Waals surface area contributed by atoms with Crippen molar-refractivity contribution in [1.29, 1.82) is 0 Å². The van der Waals surface area contributed by atoms with Crippen molar-refractivity contribution in [2.24, 2.45) is 0 Å². The molecule has 2 aromatic rings. The number of aryl methyl sites for hydroxylation is 2. The highest BCUT2D eigenvalue weighted by Crippen LogP contribution is 2.55. The van der Waals surface area contributed by atoms with Crippen molar-refractivity contribution in [2.75, 3.05) is 4.90 Å². The minimum atomic E-state index is -4.69. The molecule has 0 bridgehead atoms. The standard InChI is InChI=1S/C19H17F3N2OS/c1-12-4-8-15(9-5-12)18(19(20,21)22)24(14(3)17(25)23-26-18)16-10-6-13(2)7-11-16/h4-11H,3H2,1-2H3,(H,23,25). The molecule has 26 heavy (non-hydrogen) atoms. The largest absolute Gasteiger partial charge is 0.427 e. The van der Waals surface area contributed by atoms with Crippen molar-refractivity contribution in [3.8, 4) is 0 Å². The molecule has 1 aliphatic rings. The molecule has 0 aromatic heterocycles. The van der Waals surface area contributed by atoms with E-state index in [2.05, 4.69) is 11.3 Å². The molecule has 2 aromatic carbocycles. The third-order valence-electron chi connectivity index (χ3n) is 4.26. The Morgan fingerprint density at radius 2 is 1.50 bits per heavy atom. The fraction of sp³-hybridized carbons (Fsp3) is 0.211. The first-order chi connectivity index (χ1) is 12.2. The number of amides is 1. The van der Waals surface area contributed by atoms with Gasteiger partial charge in [0.05, 0.1) is 0 Å². The molecule has 0 radical (unpaired) electrons. The molecule has 1 aliphatic heterocycles. The molecule has 1 amide bonds. The summed E-state index contributed by atoms with van der Waals surface area (Å²) >= 11 is 0.336. The molecule has 0 spiro atoms. The van der Waals surface area contributed by atoms with Crippen molar-refractivity contribution < 1.29 is 18.0 Å². The molecule has 136 valence electrons. The zero-order valence-electron chi connectivity index (χ0n) is 14.2. The Morgan fingerprint density at radius 3 is 2.00 bits per heavy atom. The highest BCUT2D eigenvalue weighted by molar-refractivity contribution is 7.99. The molecular weight excluding hydrogens is 361 g/mol. The highest BCUT2D eigenvalue weighted by atomic mass is 32.2. The molecule has 1 saturated heterocycles. The van der Waals surface area contributed by atoms with Crippen LogP contribution in [0.25, 0.3) is 0 Å². The minimum Gasteiger partial charge on any atom is -0.309 e. The summed E-state index contributed by atoms with van der Waals surface area (Å²) in [7, 11) is 0. The van der Waals surface area contributed by atoms with Crippen LogP contribution in [-0.4, -0.2) is 12.1 Å². The summed E-state index contributed by atoms with van der Waals surface area (Å²) in [6.45, 7) is 7.27. The monoisotopic (exact) mass is 378 g/mol. The van der Waals surface area contributed by atoms with Crippen molar-refractivity contribution in [1.82, 2.24) is 4.72 Å². The van der Waals surface area contributed by atoms with Crippen molar-refractivity contribution >= 4 is 23.5 Å². The molecule has 3 rings (SSSR count). The zero-order chi connectivity index (χ0) is 19.1. The number of hydrogen-bond acceptors (Lipinski definition) is 3. The smallest absolute Gasteiger partial charge is 0.309 e. The van der Waals surface area contributed by atoms with Crippen LogP contribution in [-0.2, 0) is 9.67 Å². The van der Waals surface area contributed by atoms with Gasteiger partial charge in [-0.25, -0.2) is 0 Å². The number of nitrogens with one attached hydrogen (secondary N) is 1. The quantitative estimate of drug-likeness (QED) is 0.601.